The Bertz CT molecular complexity index is 400. The van der Waals surface area contributed by atoms with Crippen LogP contribution in [0.5, 0.6) is 0 Å². The van der Waals surface area contributed by atoms with Crippen LogP contribution in [0.3, 0.4) is 0 Å². The molecule has 0 saturated carbocycles. The summed E-state index contributed by atoms with van der Waals surface area (Å²) in [6, 6.07) is 4.10. The van der Waals surface area contributed by atoms with E-state index >= 15 is 0 Å². The van der Waals surface area contributed by atoms with E-state index in [1.54, 1.807) is 6.92 Å². The van der Waals surface area contributed by atoms with E-state index in [1.807, 2.05) is 0 Å². The van der Waals surface area contributed by atoms with E-state index in [4.69, 9.17) is 9.84 Å². The summed E-state index contributed by atoms with van der Waals surface area (Å²) in [6.07, 6.45) is 0. The fourth-order valence-corrected chi connectivity index (χ4v) is 1.35. The molecule has 0 radical (unpaired) electrons. The molecule has 0 unspecified atom stereocenters. The second kappa shape index (κ2) is 4.84. The first-order valence-corrected chi connectivity index (χ1v) is 4.73. The van der Waals surface area contributed by atoms with Crippen LogP contribution in [0.1, 0.15) is 27.6 Å². The number of carbonyl (C=O) groups is 2. The van der Waals surface area contributed by atoms with Crippen LogP contribution >= 0.6 is 12.6 Å². The van der Waals surface area contributed by atoms with Gasteiger partial charge in [-0.1, -0.05) is 0 Å². The molecule has 1 aromatic carbocycles. The minimum absolute atomic E-state index is 0.0190. The Kier molecular flexibility index (Phi) is 3.74. The van der Waals surface area contributed by atoms with Gasteiger partial charge in [0.25, 0.3) is 0 Å². The van der Waals surface area contributed by atoms with Crippen molar-refractivity contribution >= 4 is 24.6 Å². The van der Waals surface area contributed by atoms with Crippen LogP contribution in [-0.2, 0) is 4.74 Å². The van der Waals surface area contributed by atoms with Crippen molar-refractivity contribution in [3.63, 3.8) is 0 Å². The lowest BCUT2D eigenvalue weighted by atomic mass is 10.1. The molecule has 0 fully saturated rings. The quantitative estimate of drug-likeness (QED) is 0.610. The standard InChI is InChI=1S/C10H10O4S/c1-2-14-10(13)7-3-6(9(11)12)4-8(15)5-7/h3-5,15H,2H2,1H3,(H,11,12). The van der Waals surface area contributed by atoms with Crippen molar-refractivity contribution in [2.24, 2.45) is 0 Å². The molecule has 0 atom stereocenters. The van der Waals surface area contributed by atoms with Gasteiger partial charge >= 0.3 is 11.9 Å². The maximum atomic E-state index is 11.3. The lowest BCUT2D eigenvalue weighted by Gasteiger charge is -2.04. The number of ether oxygens (including phenoxy) is 1. The molecule has 0 spiro atoms. The van der Waals surface area contributed by atoms with E-state index in [9.17, 15) is 9.59 Å². The third kappa shape index (κ3) is 2.99. The molecule has 1 rings (SSSR count). The van der Waals surface area contributed by atoms with E-state index in [-0.39, 0.29) is 17.7 Å². The minimum atomic E-state index is -1.10. The zero-order chi connectivity index (χ0) is 11.4. The van der Waals surface area contributed by atoms with Crippen molar-refractivity contribution in [1.29, 1.82) is 0 Å². The first-order chi connectivity index (χ1) is 7.04. The number of hydrogen-bond acceptors (Lipinski definition) is 4. The molecule has 5 heteroatoms. The molecule has 0 bridgehead atoms. The van der Waals surface area contributed by atoms with Gasteiger partial charge in [-0.15, -0.1) is 12.6 Å². The van der Waals surface area contributed by atoms with E-state index in [2.05, 4.69) is 12.6 Å². The average Bonchev–Trinajstić information content (AvgIpc) is 2.17. The molecule has 4 nitrogen and oxygen atoms in total. The number of benzene rings is 1. The molecular formula is C10H10O4S. The Hall–Kier alpha value is -1.49. The monoisotopic (exact) mass is 226 g/mol. The van der Waals surface area contributed by atoms with E-state index in [0.29, 0.717) is 4.90 Å². The summed E-state index contributed by atoms with van der Waals surface area (Å²) in [5.74, 6) is -1.65. The highest BCUT2D eigenvalue weighted by Crippen LogP contribution is 2.14. The van der Waals surface area contributed by atoms with E-state index in [1.165, 1.54) is 18.2 Å². The van der Waals surface area contributed by atoms with Crippen LogP contribution in [0.4, 0.5) is 0 Å². The fourth-order valence-electron chi connectivity index (χ4n) is 1.07. The highest BCUT2D eigenvalue weighted by molar-refractivity contribution is 7.80. The van der Waals surface area contributed by atoms with Gasteiger partial charge in [-0.2, -0.15) is 0 Å². The van der Waals surface area contributed by atoms with Gasteiger partial charge < -0.3 is 9.84 Å². The molecule has 0 aromatic heterocycles. The molecule has 1 aromatic rings. The number of esters is 1. The number of hydrogen-bond donors (Lipinski definition) is 2. The highest BCUT2D eigenvalue weighted by atomic mass is 32.1. The Balaban J connectivity index is 3.09. The lowest BCUT2D eigenvalue weighted by Crippen LogP contribution is -2.07. The summed E-state index contributed by atoms with van der Waals surface area (Å²) in [6.45, 7) is 1.93. The highest BCUT2D eigenvalue weighted by Gasteiger charge is 2.11. The van der Waals surface area contributed by atoms with E-state index in [0.717, 1.165) is 0 Å². The van der Waals surface area contributed by atoms with Crippen LogP contribution in [0.2, 0.25) is 0 Å². The van der Waals surface area contributed by atoms with Crippen molar-refractivity contribution < 1.29 is 19.4 Å². The second-order valence-electron chi connectivity index (χ2n) is 2.79. The van der Waals surface area contributed by atoms with Gasteiger partial charge in [0.2, 0.25) is 0 Å². The van der Waals surface area contributed by atoms with E-state index < -0.39 is 11.9 Å². The third-order valence-corrected chi connectivity index (χ3v) is 1.93. The van der Waals surface area contributed by atoms with Crippen molar-refractivity contribution in [1.82, 2.24) is 0 Å². The smallest absolute Gasteiger partial charge is 0.338 e. The summed E-state index contributed by atoms with van der Waals surface area (Å²) in [4.78, 5) is 22.4. The van der Waals surface area contributed by atoms with Gasteiger partial charge in [0.1, 0.15) is 0 Å². The van der Waals surface area contributed by atoms with Gasteiger partial charge in [-0.3, -0.25) is 0 Å². The number of thiol groups is 1. The van der Waals surface area contributed by atoms with Gasteiger partial charge in [0.05, 0.1) is 17.7 Å². The Morgan fingerprint density at radius 2 is 1.93 bits per heavy atom. The Labute approximate surface area is 92.3 Å². The van der Waals surface area contributed by atoms with Gasteiger partial charge in [-0.05, 0) is 25.1 Å². The summed E-state index contributed by atoms with van der Waals surface area (Å²) >= 11 is 4.01. The normalized spacial score (nSPS) is 9.73. The minimum Gasteiger partial charge on any atom is -0.478 e. The summed E-state index contributed by atoms with van der Waals surface area (Å²) in [7, 11) is 0. The first-order valence-electron chi connectivity index (χ1n) is 4.29. The Morgan fingerprint density at radius 3 is 2.47 bits per heavy atom. The number of carbonyl (C=O) groups excluding carboxylic acids is 1. The predicted molar refractivity (Wildman–Crippen MR) is 56.6 cm³/mol. The Morgan fingerprint density at radius 1 is 1.33 bits per heavy atom. The summed E-state index contributed by atoms with van der Waals surface area (Å²) in [5, 5.41) is 8.76. The molecule has 0 heterocycles. The SMILES string of the molecule is CCOC(=O)c1cc(S)cc(C(=O)O)c1. The van der Waals surface area contributed by atoms with Crippen LogP contribution in [0.15, 0.2) is 23.1 Å². The molecule has 15 heavy (non-hydrogen) atoms. The van der Waals surface area contributed by atoms with Crippen molar-refractivity contribution in [3.8, 4) is 0 Å². The van der Waals surface area contributed by atoms with Crippen molar-refractivity contribution in [2.45, 2.75) is 11.8 Å². The number of aromatic carboxylic acids is 1. The van der Waals surface area contributed by atoms with Crippen molar-refractivity contribution in [3.05, 3.63) is 29.3 Å². The number of carboxylic acids is 1. The average molecular weight is 226 g/mol. The first kappa shape index (κ1) is 11.6. The maximum absolute atomic E-state index is 11.3. The molecule has 0 aliphatic heterocycles. The molecule has 0 aliphatic carbocycles. The van der Waals surface area contributed by atoms with Crippen LogP contribution in [0.25, 0.3) is 0 Å². The van der Waals surface area contributed by atoms with Gasteiger partial charge in [0, 0.05) is 4.90 Å². The van der Waals surface area contributed by atoms with Crippen LogP contribution in [-0.4, -0.2) is 23.7 Å². The van der Waals surface area contributed by atoms with Gasteiger partial charge in [0.15, 0.2) is 0 Å². The second-order valence-corrected chi connectivity index (χ2v) is 3.31. The zero-order valence-electron chi connectivity index (χ0n) is 8.06. The molecule has 0 amide bonds. The summed E-state index contributed by atoms with van der Waals surface area (Å²) in [5.41, 5.74) is 0.215. The largest absolute Gasteiger partial charge is 0.478 e. The topological polar surface area (TPSA) is 63.6 Å². The fraction of sp³-hybridized carbons (Fsp3) is 0.200. The molecule has 0 saturated heterocycles. The number of carboxylic acid groups (broad SMARTS) is 1. The molecule has 0 aliphatic rings. The molecule has 1 N–H and O–H groups in total. The van der Waals surface area contributed by atoms with Gasteiger partial charge in [-0.25, -0.2) is 9.59 Å². The molecular weight excluding hydrogens is 216 g/mol. The maximum Gasteiger partial charge on any atom is 0.338 e. The zero-order valence-corrected chi connectivity index (χ0v) is 8.95. The van der Waals surface area contributed by atoms with Crippen molar-refractivity contribution in [2.75, 3.05) is 6.61 Å². The number of rotatable bonds is 3. The predicted octanol–water partition coefficient (Wildman–Crippen LogP) is 1.85. The van der Waals surface area contributed by atoms with Crippen LogP contribution in [0, 0.1) is 0 Å². The lowest BCUT2D eigenvalue weighted by molar-refractivity contribution is 0.0526. The summed E-state index contributed by atoms with van der Waals surface area (Å²) < 4.78 is 4.75. The third-order valence-electron chi connectivity index (χ3n) is 1.68. The van der Waals surface area contributed by atoms with Crippen LogP contribution < -0.4 is 0 Å². The molecule has 80 valence electrons.